The molecule has 2 heterocycles. The summed E-state index contributed by atoms with van der Waals surface area (Å²) in [5, 5.41) is 0.783. The fraction of sp³-hybridized carbons (Fsp3) is 0.300. The molecule has 6 heteroatoms. The maximum absolute atomic E-state index is 6.34. The van der Waals surface area contributed by atoms with Crippen molar-refractivity contribution < 1.29 is 9.31 Å². The molecule has 0 bridgehead atoms. The highest BCUT2D eigenvalue weighted by molar-refractivity contribution is 6.65. The molecule has 0 aliphatic carbocycles. The highest BCUT2D eigenvalue weighted by Crippen LogP contribution is 2.37. The van der Waals surface area contributed by atoms with Gasteiger partial charge in [-0.1, -0.05) is 42.5 Å². The molecule has 1 aliphatic heterocycles. The zero-order chi connectivity index (χ0) is 18.5. The van der Waals surface area contributed by atoms with Crippen molar-refractivity contribution in [2.75, 3.05) is 5.73 Å². The molecule has 3 aromatic rings. The normalized spacial score (nSPS) is 18.4. The van der Waals surface area contributed by atoms with Crippen LogP contribution in [0.3, 0.4) is 0 Å². The van der Waals surface area contributed by atoms with Gasteiger partial charge in [-0.15, -0.1) is 0 Å². The molecule has 1 saturated heterocycles. The molecular formula is C20H22BN3O2. The molecule has 2 N–H and O–H groups in total. The second kappa shape index (κ2) is 5.79. The van der Waals surface area contributed by atoms with Gasteiger partial charge >= 0.3 is 7.12 Å². The van der Waals surface area contributed by atoms with E-state index in [0.717, 1.165) is 21.9 Å². The van der Waals surface area contributed by atoms with Crippen LogP contribution in [0.1, 0.15) is 27.7 Å². The zero-order valence-corrected chi connectivity index (χ0v) is 15.5. The quantitative estimate of drug-likeness (QED) is 0.721. The lowest BCUT2D eigenvalue weighted by molar-refractivity contribution is 0.00578. The van der Waals surface area contributed by atoms with Crippen LogP contribution in [0.15, 0.2) is 48.5 Å². The van der Waals surface area contributed by atoms with E-state index in [-0.39, 0.29) is 0 Å². The molecule has 1 aromatic heterocycles. The van der Waals surface area contributed by atoms with Crippen molar-refractivity contribution in [1.82, 2.24) is 9.97 Å². The van der Waals surface area contributed by atoms with E-state index in [1.54, 1.807) is 0 Å². The van der Waals surface area contributed by atoms with E-state index in [9.17, 15) is 0 Å². The number of rotatable bonds is 2. The average molecular weight is 347 g/mol. The predicted octanol–water partition coefficient (Wildman–Crippen LogP) is 3.18. The highest BCUT2D eigenvalue weighted by atomic mass is 16.7. The standard InChI is InChI=1S/C20H22BN3O2/c1-19(2)20(3,4)26-21(25-19)14-11-8-12-15-16(14)17(22)24-18(23-15)13-9-6-5-7-10-13/h5-12H,1-4H3,(H2,22,23,24). The van der Waals surface area contributed by atoms with Crippen LogP contribution in [0.25, 0.3) is 22.3 Å². The largest absolute Gasteiger partial charge is 0.495 e. The van der Waals surface area contributed by atoms with Gasteiger partial charge in [0.2, 0.25) is 0 Å². The molecule has 0 radical (unpaired) electrons. The molecule has 0 atom stereocenters. The number of nitrogen functional groups attached to an aromatic ring is 1. The zero-order valence-electron chi connectivity index (χ0n) is 15.5. The van der Waals surface area contributed by atoms with Crippen LogP contribution in [0.5, 0.6) is 0 Å². The molecule has 5 nitrogen and oxygen atoms in total. The van der Waals surface area contributed by atoms with E-state index in [0.29, 0.717) is 11.6 Å². The fourth-order valence-electron chi connectivity index (χ4n) is 3.12. The molecule has 2 aromatic carbocycles. The number of aromatic nitrogens is 2. The van der Waals surface area contributed by atoms with Gasteiger partial charge in [0.05, 0.1) is 16.7 Å². The number of benzene rings is 2. The van der Waals surface area contributed by atoms with Crippen molar-refractivity contribution in [3.05, 3.63) is 48.5 Å². The first-order valence-corrected chi connectivity index (χ1v) is 8.76. The van der Waals surface area contributed by atoms with Crippen molar-refractivity contribution in [2.45, 2.75) is 38.9 Å². The summed E-state index contributed by atoms with van der Waals surface area (Å²) in [5.41, 5.74) is 8.07. The summed E-state index contributed by atoms with van der Waals surface area (Å²) >= 11 is 0. The van der Waals surface area contributed by atoms with E-state index in [2.05, 4.69) is 4.98 Å². The van der Waals surface area contributed by atoms with Gasteiger partial charge in [-0.3, -0.25) is 0 Å². The first kappa shape index (κ1) is 17.0. The Hall–Kier alpha value is -2.44. The maximum Gasteiger partial charge on any atom is 0.495 e. The molecular weight excluding hydrogens is 325 g/mol. The Labute approximate surface area is 153 Å². The van der Waals surface area contributed by atoms with Gasteiger partial charge in [0.25, 0.3) is 0 Å². The predicted molar refractivity (Wildman–Crippen MR) is 105 cm³/mol. The summed E-state index contributed by atoms with van der Waals surface area (Å²) < 4.78 is 12.4. The number of hydrogen-bond acceptors (Lipinski definition) is 5. The fourth-order valence-corrected chi connectivity index (χ4v) is 3.12. The molecule has 1 fully saturated rings. The molecule has 0 unspecified atom stereocenters. The Kier molecular flexibility index (Phi) is 3.79. The van der Waals surface area contributed by atoms with Crippen molar-refractivity contribution >= 4 is 29.3 Å². The van der Waals surface area contributed by atoms with Gasteiger partial charge in [0, 0.05) is 10.9 Å². The second-order valence-electron chi connectivity index (χ2n) is 7.63. The third kappa shape index (κ3) is 2.66. The summed E-state index contributed by atoms with van der Waals surface area (Å²) in [6, 6.07) is 15.7. The molecule has 132 valence electrons. The summed E-state index contributed by atoms with van der Waals surface area (Å²) in [7, 11) is -0.503. The topological polar surface area (TPSA) is 70.3 Å². The van der Waals surface area contributed by atoms with Gasteiger partial charge in [-0.05, 0) is 39.2 Å². The second-order valence-corrected chi connectivity index (χ2v) is 7.63. The SMILES string of the molecule is CC1(C)OB(c2cccc3nc(-c4ccccc4)nc(N)c23)OC1(C)C. The lowest BCUT2D eigenvalue weighted by atomic mass is 9.76. The van der Waals surface area contributed by atoms with Gasteiger partial charge < -0.3 is 15.0 Å². The first-order valence-electron chi connectivity index (χ1n) is 8.76. The number of fused-ring (bicyclic) bond motifs is 1. The lowest BCUT2D eigenvalue weighted by Crippen LogP contribution is -2.41. The third-order valence-electron chi connectivity index (χ3n) is 5.32. The van der Waals surface area contributed by atoms with Crippen LogP contribution in [-0.4, -0.2) is 28.3 Å². The van der Waals surface area contributed by atoms with E-state index < -0.39 is 18.3 Å². The number of hydrogen-bond donors (Lipinski definition) is 1. The van der Waals surface area contributed by atoms with Crippen molar-refractivity contribution in [2.24, 2.45) is 0 Å². The van der Waals surface area contributed by atoms with Crippen LogP contribution in [-0.2, 0) is 9.31 Å². The molecule has 26 heavy (non-hydrogen) atoms. The van der Waals surface area contributed by atoms with Crippen LogP contribution in [0.2, 0.25) is 0 Å². The lowest BCUT2D eigenvalue weighted by Gasteiger charge is -2.32. The molecule has 0 amide bonds. The Morgan fingerprint density at radius 3 is 2.15 bits per heavy atom. The number of nitrogens with zero attached hydrogens (tertiary/aromatic N) is 2. The van der Waals surface area contributed by atoms with E-state index in [1.165, 1.54) is 0 Å². The molecule has 0 spiro atoms. The van der Waals surface area contributed by atoms with Gasteiger partial charge in [-0.25, -0.2) is 9.97 Å². The van der Waals surface area contributed by atoms with E-state index in [4.69, 9.17) is 20.0 Å². The van der Waals surface area contributed by atoms with Gasteiger partial charge in [0.1, 0.15) is 5.82 Å². The Bertz CT molecular complexity index is 957. The number of anilines is 1. The molecule has 4 rings (SSSR count). The van der Waals surface area contributed by atoms with Crippen molar-refractivity contribution in [1.29, 1.82) is 0 Å². The van der Waals surface area contributed by atoms with Crippen molar-refractivity contribution in [3.8, 4) is 11.4 Å². The van der Waals surface area contributed by atoms with Gasteiger partial charge in [-0.2, -0.15) is 0 Å². The highest BCUT2D eigenvalue weighted by Gasteiger charge is 2.52. The summed E-state index contributed by atoms with van der Waals surface area (Å²) in [5.74, 6) is 1.04. The summed E-state index contributed by atoms with van der Waals surface area (Å²) in [6.07, 6.45) is 0. The maximum atomic E-state index is 6.34. The van der Waals surface area contributed by atoms with Crippen LogP contribution in [0, 0.1) is 0 Å². The Morgan fingerprint density at radius 1 is 0.846 bits per heavy atom. The summed E-state index contributed by atoms with van der Waals surface area (Å²) in [6.45, 7) is 8.13. The van der Waals surface area contributed by atoms with Gasteiger partial charge in [0.15, 0.2) is 5.82 Å². The minimum Gasteiger partial charge on any atom is -0.399 e. The minimum absolute atomic E-state index is 0.417. The monoisotopic (exact) mass is 347 g/mol. The van der Waals surface area contributed by atoms with Crippen LogP contribution >= 0.6 is 0 Å². The van der Waals surface area contributed by atoms with E-state index in [1.807, 2.05) is 76.2 Å². The molecule has 1 aliphatic rings. The average Bonchev–Trinajstić information content (AvgIpc) is 2.82. The third-order valence-corrected chi connectivity index (χ3v) is 5.32. The smallest absolute Gasteiger partial charge is 0.399 e. The van der Waals surface area contributed by atoms with Crippen molar-refractivity contribution in [3.63, 3.8) is 0 Å². The first-order chi connectivity index (χ1) is 12.3. The van der Waals surface area contributed by atoms with Crippen LogP contribution in [0.4, 0.5) is 5.82 Å². The Morgan fingerprint density at radius 2 is 1.50 bits per heavy atom. The summed E-state index contributed by atoms with van der Waals surface area (Å²) in [4.78, 5) is 9.24. The minimum atomic E-state index is -0.503. The number of nitrogens with two attached hydrogens (primary N) is 1. The van der Waals surface area contributed by atoms with E-state index >= 15 is 0 Å². The molecule has 0 saturated carbocycles. The van der Waals surface area contributed by atoms with Crippen LogP contribution < -0.4 is 11.2 Å². The Balaban J connectivity index is 1.84.